The quantitative estimate of drug-likeness (QED) is 0.635. The molecule has 2 atom stereocenters. The highest BCUT2D eigenvalue weighted by molar-refractivity contribution is 9.11. The predicted molar refractivity (Wildman–Crippen MR) is 78.7 cm³/mol. The SMILES string of the molecule is CCN1CCOC(C(Cc2ccc(Br)s2)NN)C1. The van der Waals surface area contributed by atoms with Crippen LogP contribution in [0.15, 0.2) is 15.9 Å². The summed E-state index contributed by atoms with van der Waals surface area (Å²) in [4.78, 5) is 3.73. The Hall–Kier alpha value is 0.0200. The minimum absolute atomic E-state index is 0.171. The summed E-state index contributed by atoms with van der Waals surface area (Å²) in [6.45, 7) is 6.03. The monoisotopic (exact) mass is 333 g/mol. The van der Waals surface area contributed by atoms with Crippen molar-refractivity contribution in [1.82, 2.24) is 10.3 Å². The Bertz CT molecular complexity index is 374. The van der Waals surface area contributed by atoms with E-state index in [-0.39, 0.29) is 12.1 Å². The van der Waals surface area contributed by atoms with E-state index in [0.717, 1.165) is 36.4 Å². The van der Waals surface area contributed by atoms with Crippen molar-refractivity contribution in [3.8, 4) is 0 Å². The second-order valence-corrected chi connectivity index (χ2v) is 7.03. The van der Waals surface area contributed by atoms with E-state index in [1.807, 2.05) is 0 Å². The number of nitrogens with zero attached hydrogens (tertiary/aromatic N) is 1. The summed E-state index contributed by atoms with van der Waals surface area (Å²) in [6, 6.07) is 4.39. The lowest BCUT2D eigenvalue weighted by atomic mass is 10.1. The van der Waals surface area contributed by atoms with Gasteiger partial charge in [-0.3, -0.25) is 16.2 Å². The molecule has 1 aliphatic rings. The molecule has 18 heavy (non-hydrogen) atoms. The fourth-order valence-electron chi connectivity index (χ4n) is 2.24. The molecule has 6 heteroatoms. The molecule has 0 aromatic carbocycles. The molecule has 0 amide bonds. The predicted octanol–water partition coefficient (Wildman–Crippen LogP) is 1.61. The summed E-state index contributed by atoms with van der Waals surface area (Å²) in [5, 5.41) is 0. The molecule has 1 aromatic rings. The van der Waals surface area contributed by atoms with E-state index in [4.69, 9.17) is 10.6 Å². The van der Waals surface area contributed by atoms with Crippen LogP contribution in [-0.4, -0.2) is 43.3 Å². The first-order valence-electron chi connectivity index (χ1n) is 6.27. The van der Waals surface area contributed by atoms with E-state index >= 15 is 0 Å². The van der Waals surface area contributed by atoms with Gasteiger partial charge in [-0.05, 0) is 34.6 Å². The third-order valence-corrected chi connectivity index (χ3v) is 4.98. The molecule has 0 radical (unpaired) electrons. The number of hydrogen-bond acceptors (Lipinski definition) is 5. The maximum Gasteiger partial charge on any atom is 0.0872 e. The van der Waals surface area contributed by atoms with Gasteiger partial charge in [0.15, 0.2) is 0 Å². The van der Waals surface area contributed by atoms with E-state index in [2.05, 4.69) is 45.3 Å². The van der Waals surface area contributed by atoms with E-state index in [1.165, 1.54) is 4.88 Å². The number of halogens is 1. The highest BCUT2D eigenvalue weighted by atomic mass is 79.9. The summed E-state index contributed by atoms with van der Waals surface area (Å²) in [5.74, 6) is 5.69. The van der Waals surface area contributed by atoms with E-state index in [9.17, 15) is 0 Å². The Balaban J connectivity index is 1.95. The average molecular weight is 334 g/mol. The van der Waals surface area contributed by atoms with Crippen LogP contribution in [0.3, 0.4) is 0 Å². The summed E-state index contributed by atoms with van der Waals surface area (Å²) in [6.07, 6.45) is 1.08. The third kappa shape index (κ3) is 3.76. The zero-order chi connectivity index (χ0) is 13.0. The minimum Gasteiger partial charge on any atom is -0.374 e. The van der Waals surface area contributed by atoms with Crippen LogP contribution in [0.2, 0.25) is 0 Å². The normalized spacial score (nSPS) is 23.2. The molecule has 0 aliphatic carbocycles. The van der Waals surface area contributed by atoms with Crippen LogP contribution in [-0.2, 0) is 11.2 Å². The van der Waals surface area contributed by atoms with Crippen LogP contribution >= 0.6 is 27.3 Å². The summed E-state index contributed by atoms with van der Waals surface area (Å²) in [5.41, 5.74) is 2.91. The van der Waals surface area contributed by atoms with Crippen LogP contribution in [0.5, 0.6) is 0 Å². The van der Waals surface area contributed by atoms with Gasteiger partial charge in [0.25, 0.3) is 0 Å². The van der Waals surface area contributed by atoms with Crippen LogP contribution in [0.4, 0.5) is 0 Å². The molecule has 2 rings (SSSR count). The van der Waals surface area contributed by atoms with Crippen molar-refractivity contribution >= 4 is 27.3 Å². The Morgan fingerprint density at radius 2 is 2.50 bits per heavy atom. The van der Waals surface area contributed by atoms with Gasteiger partial charge in [-0.1, -0.05) is 6.92 Å². The topological polar surface area (TPSA) is 50.5 Å². The summed E-state index contributed by atoms with van der Waals surface area (Å²) in [7, 11) is 0. The van der Waals surface area contributed by atoms with Crippen molar-refractivity contribution in [3.63, 3.8) is 0 Å². The standard InChI is InChI=1S/C12H20BrN3OS/c1-2-16-5-6-17-11(8-16)10(15-14)7-9-3-4-12(13)18-9/h3-4,10-11,15H,2,5-8,14H2,1H3. The minimum atomic E-state index is 0.171. The van der Waals surface area contributed by atoms with Crippen molar-refractivity contribution in [2.75, 3.05) is 26.2 Å². The molecule has 0 bridgehead atoms. The van der Waals surface area contributed by atoms with Gasteiger partial charge in [0, 0.05) is 24.4 Å². The molecule has 2 heterocycles. The second-order valence-electron chi connectivity index (χ2n) is 4.49. The van der Waals surface area contributed by atoms with Gasteiger partial charge in [-0.25, -0.2) is 0 Å². The van der Waals surface area contributed by atoms with Gasteiger partial charge in [-0.15, -0.1) is 11.3 Å². The van der Waals surface area contributed by atoms with Gasteiger partial charge in [0.2, 0.25) is 0 Å². The molecular weight excluding hydrogens is 314 g/mol. The molecule has 1 fully saturated rings. The fraction of sp³-hybridized carbons (Fsp3) is 0.667. The smallest absolute Gasteiger partial charge is 0.0872 e. The number of nitrogens with two attached hydrogens (primary N) is 1. The van der Waals surface area contributed by atoms with E-state index in [1.54, 1.807) is 11.3 Å². The Labute approximate surface area is 121 Å². The number of hydrazine groups is 1. The van der Waals surface area contributed by atoms with Crippen LogP contribution in [0, 0.1) is 0 Å². The molecular formula is C12H20BrN3OS. The van der Waals surface area contributed by atoms with Crippen molar-refractivity contribution < 1.29 is 4.74 Å². The first-order valence-corrected chi connectivity index (χ1v) is 7.88. The van der Waals surface area contributed by atoms with E-state index in [0.29, 0.717) is 0 Å². The zero-order valence-corrected chi connectivity index (χ0v) is 13.0. The number of morpholine rings is 1. The fourth-order valence-corrected chi connectivity index (χ4v) is 3.78. The zero-order valence-electron chi connectivity index (χ0n) is 10.6. The maximum absolute atomic E-state index is 5.85. The van der Waals surface area contributed by atoms with Crippen LogP contribution in [0.25, 0.3) is 0 Å². The number of nitrogens with one attached hydrogen (secondary N) is 1. The van der Waals surface area contributed by atoms with Gasteiger partial charge in [-0.2, -0.15) is 0 Å². The second kappa shape index (κ2) is 6.98. The average Bonchev–Trinajstić information content (AvgIpc) is 2.81. The molecule has 0 spiro atoms. The summed E-state index contributed by atoms with van der Waals surface area (Å²) < 4.78 is 7.01. The maximum atomic E-state index is 5.85. The number of rotatable bonds is 5. The number of hydrogen-bond donors (Lipinski definition) is 2. The molecule has 3 N–H and O–H groups in total. The molecule has 2 unspecified atom stereocenters. The Morgan fingerprint density at radius 3 is 3.11 bits per heavy atom. The molecule has 102 valence electrons. The highest BCUT2D eigenvalue weighted by Gasteiger charge is 2.27. The Kier molecular flexibility index (Phi) is 5.59. The Morgan fingerprint density at radius 1 is 1.67 bits per heavy atom. The number of thiophene rings is 1. The third-order valence-electron chi connectivity index (χ3n) is 3.34. The van der Waals surface area contributed by atoms with Gasteiger partial charge in [0.05, 0.1) is 22.5 Å². The lowest BCUT2D eigenvalue weighted by Gasteiger charge is -2.36. The molecule has 1 aromatic heterocycles. The molecule has 4 nitrogen and oxygen atoms in total. The number of likely N-dealkylation sites (N-methyl/N-ethyl adjacent to an activating group) is 1. The first kappa shape index (κ1) is 14.4. The lowest BCUT2D eigenvalue weighted by molar-refractivity contribution is -0.0446. The lowest BCUT2D eigenvalue weighted by Crippen LogP contribution is -2.54. The highest BCUT2D eigenvalue weighted by Crippen LogP contribution is 2.24. The first-order chi connectivity index (χ1) is 8.72. The van der Waals surface area contributed by atoms with Gasteiger partial charge >= 0.3 is 0 Å². The summed E-state index contributed by atoms with van der Waals surface area (Å²) >= 11 is 5.24. The van der Waals surface area contributed by atoms with Gasteiger partial charge in [0.1, 0.15) is 0 Å². The number of ether oxygens (including phenoxy) is 1. The van der Waals surface area contributed by atoms with Crippen molar-refractivity contribution in [3.05, 3.63) is 20.8 Å². The molecule has 1 aliphatic heterocycles. The van der Waals surface area contributed by atoms with Crippen molar-refractivity contribution in [2.24, 2.45) is 5.84 Å². The van der Waals surface area contributed by atoms with Crippen molar-refractivity contribution in [2.45, 2.75) is 25.5 Å². The largest absolute Gasteiger partial charge is 0.374 e. The van der Waals surface area contributed by atoms with Crippen LogP contribution in [0.1, 0.15) is 11.8 Å². The molecule has 0 saturated carbocycles. The van der Waals surface area contributed by atoms with Crippen molar-refractivity contribution in [1.29, 1.82) is 0 Å². The van der Waals surface area contributed by atoms with Gasteiger partial charge < -0.3 is 4.74 Å². The van der Waals surface area contributed by atoms with Crippen LogP contribution < -0.4 is 11.3 Å². The van der Waals surface area contributed by atoms with E-state index < -0.39 is 0 Å². The molecule has 1 saturated heterocycles.